The summed E-state index contributed by atoms with van der Waals surface area (Å²) in [5, 5.41) is 0. The van der Waals surface area contributed by atoms with E-state index in [1.165, 1.54) is 11.1 Å². The van der Waals surface area contributed by atoms with E-state index in [2.05, 4.69) is 31.2 Å². The second kappa shape index (κ2) is 7.94. The quantitative estimate of drug-likeness (QED) is 0.684. The summed E-state index contributed by atoms with van der Waals surface area (Å²) in [5.74, 6) is 2.44. The van der Waals surface area contributed by atoms with E-state index in [0.29, 0.717) is 18.4 Å². The van der Waals surface area contributed by atoms with Crippen LogP contribution in [0.2, 0.25) is 0 Å². The second-order valence-corrected chi connectivity index (χ2v) is 5.30. The number of methoxy groups -OCH3 is 1. The summed E-state index contributed by atoms with van der Waals surface area (Å²) in [7, 11) is 1.65. The monoisotopic (exact) mass is 304 g/mol. The highest BCUT2D eigenvalue weighted by molar-refractivity contribution is 6.18. The van der Waals surface area contributed by atoms with Crippen LogP contribution in [0.5, 0.6) is 11.5 Å². The van der Waals surface area contributed by atoms with Crippen molar-refractivity contribution in [2.45, 2.75) is 19.3 Å². The molecule has 112 valence electrons. The minimum absolute atomic E-state index is 0.308. The molecule has 2 rings (SSSR count). The zero-order valence-electron chi connectivity index (χ0n) is 12.5. The summed E-state index contributed by atoms with van der Waals surface area (Å²) < 4.78 is 11.1. The van der Waals surface area contributed by atoms with E-state index >= 15 is 0 Å². The molecule has 3 heteroatoms. The Bertz CT molecular complexity index is 569. The first-order valence-electron chi connectivity index (χ1n) is 7.13. The van der Waals surface area contributed by atoms with E-state index in [1.54, 1.807) is 7.11 Å². The lowest BCUT2D eigenvalue weighted by atomic mass is 9.94. The van der Waals surface area contributed by atoms with Gasteiger partial charge in [0.2, 0.25) is 0 Å². The van der Waals surface area contributed by atoms with Crippen LogP contribution in [0.15, 0.2) is 48.5 Å². The zero-order chi connectivity index (χ0) is 15.1. The molecule has 0 N–H and O–H groups in total. The Balaban J connectivity index is 1.97. The van der Waals surface area contributed by atoms with Crippen molar-refractivity contribution in [1.82, 2.24) is 0 Å². The van der Waals surface area contributed by atoms with Crippen LogP contribution >= 0.6 is 11.6 Å². The molecular weight excluding hydrogens is 284 g/mol. The highest BCUT2D eigenvalue weighted by atomic mass is 35.5. The van der Waals surface area contributed by atoms with Crippen molar-refractivity contribution in [3.05, 3.63) is 59.7 Å². The Morgan fingerprint density at radius 2 is 1.67 bits per heavy atom. The van der Waals surface area contributed by atoms with Crippen LogP contribution in [0.1, 0.15) is 23.5 Å². The van der Waals surface area contributed by atoms with Crippen molar-refractivity contribution in [2.75, 3.05) is 19.6 Å². The van der Waals surface area contributed by atoms with Crippen LogP contribution in [0.25, 0.3) is 0 Å². The van der Waals surface area contributed by atoms with Gasteiger partial charge in [-0.3, -0.25) is 0 Å². The number of ether oxygens (including phenoxy) is 2. The smallest absolute Gasteiger partial charge is 0.161 e. The molecule has 0 saturated carbocycles. The Morgan fingerprint density at radius 3 is 2.33 bits per heavy atom. The number of hydrogen-bond acceptors (Lipinski definition) is 2. The van der Waals surface area contributed by atoms with Gasteiger partial charge in [-0.05, 0) is 36.6 Å². The highest BCUT2D eigenvalue weighted by Crippen LogP contribution is 2.28. The van der Waals surface area contributed by atoms with Gasteiger partial charge < -0.3 is 9.47 Å². The number of hydrogen-bond donors (Lipinski definition) is 0. The normalized spacial score (nSPS) is 12.0. The molecule has 0 saturated heterocycles. The summed E-state index contributed by atoms with van der Waals surface area (Å²) in [6, 6.07) is 16.1. The first-order chi connectivity index (χ1) is 10.3. The number of rotatable bonds is 7. The number of benzene rings is 2. The molecule has 0 fully saturated rings. The van der Waals surface area contributed by atoms with Crippen molar-refractivity contribution in [3.63, 3.8) is 0 Å². The third-order valence-corrected chi connectivity index (χ3v) is 3.98. The van der Waals surface area contributed by atoms with Crippen LogP contribution in [-0.4, -0.2) is 19.6 Å². The lowest BCUT2D eigenvalue weighted by Gasteiger charge is -2.17. The lowest BCUT2D eigenvalue weighted by Crippen LogP contribution is -2.09. The minimum atomic E-state index is 0.308. The standard InChI is InChI=1S/C18H21ClO2/c1-14-7-3-4-8-16(14)15(13-19)11-12-21-18-10-6-5-9-17(18)20-2/h3-10,15H,11-13H2,1-2H3. The van der Waals surface area contributed by atoms with Crippen molar-refractivity contribution in [2.24, 2.45) is 0 Å². The maximum atomic E-state index is 6.13. The molecule has 0 aliphatic heterocycles. The van der Waals surface area contributed by atoms with E-state index in [9.17, 15) is 0 Å². The van der Waals surface area contributed by atoms with Gasteiger partial charge in [0.05, 0.1) is 13.7 Å². The van der Waals surface area contributed by atoms with E-state index < -0.39 is 0 Å². The van der Waals surface area contributed by atoms with Gasteiger partial charge in [0, 0.05) is 11.8 Å². The Kier molecular flexibility index (Phi) is 5.94. The Morgan fingerprint density at radius 1 is 1.00 bits per heavy atom. The van der Waals surface area contributed by atoms with Crippen LogP contribution in [0.3, 0.4) is 0 Å². The molecular formula is C18H21ClO2. The van der Waals surface area contributed by atoms with Crippen LogP contribution < -0.4 is 9.47 Å². The third-order valence-electron chi connectivity index (χ3n) is 3.61. The summed E-state index contributed by atoms with van der Waals surface area (Å²) in [4.78, 5) is 0. The molecule has 2 nitrogen and oxygen atoms in total. The van der Waals surface area contributed by atoms with Gasteiger partial charge in [0.1, 0.15) is 0 Å². The van der Waals surface area contributed by atoms with Gasteiger partial charge in [-0.2, -0.15) is 0 Å². The maximum absolute atomic E-state index is 6.13. The van der Waals surface area contributed by atoms with E-state index in [4.69, 9.17) is 21.1 Å². The summed E-state index contributed by atoms with van der Waals surface area (Å²) in [6.07, 6.45) is 0.881. The van der Waals surface area contributed by atoms with E-state index in [-0.39, 0.29) is 0 Å². The molecule has 0 aromatic heterocycles. The fraction of sp³-hybridized carbons (Fsp3) is 0.333. The molecule has 0 heterocycles. The number of alkyl halides is 1. The number of para-hydroxylation sites is 2. The van der Waals surface area contributed by atoms with Crippen molar-refractivity contribution < 1.29 is 9.47 Å². The fourth-order valence-corrected chi connectivity index (χ4v) is 2.73. The Labute approximate surface area is 131 Å². The molecule has 2 aromatic rings. The van der Waals surface area contributed by atoms with Crippen molar-refractivity contribution >= 4 is 11.6 Å². The van der Waals surface area contributed by atoms with E-state index in [0.717, 1.165) is 17.9 Å². The molecule has 1 unspecified atom stereocenters. The SMILES string of the molecule is COc1ccccc1OCCC(CCl)c1ccccc1C. The first-order valence-corrected chi connectivity index (χ1v) is 7.67. The van der Waals surface area contributed by atoms with Gasteiger partial charge in [0.15, 0.2) is 11.5 Å². The largest absolute Gasteiger partial charge is 0.493 e. The topological polar surface area (TPSA) is 18.5 Å². The van der Waals surface area contributed by atoms with Crippen molar-refractivity contribution in [1.29, 1.82) is 0 Å². The van der Waals surface area contributed by atoms with Gasteiger partial charge in [-0.15, -0.1) is 11.6 Å². The summed E-state index contributed by atoms with van der Waals surface area (Å²) in [6.45, 7) is 2.74. The minimum Gasteiger partial charge on any atom is -0.493 e. The molecule has 0 spiro atoms. The van der Waals surface area contributed by atoms with E-state index in [1.807, 2.05) is 24.3 Å². The Hall–Kier alpha value is -1.67. The predicted octanol–water partition coefficient (Wildman–Crippen LogP) is 4.80. The number of halogens is 1. The van der Waals surface area contributed by atoms with Gasteiger partial charge in [-0.1, -0.05) is 36.4 Å². The fourth-order valence-electron chi connectivity index (χ4n) is 2.41. The van der Waals surface area contributed by atoms with Gasteiger partial charge in [-0.25, -0.2) is 0 Å². The molecule has 1 atom stereocenters. The molecule has 0 aliphatic carbocycles. The third kappa shape index (κ3) is 4.15. The lowest BCUT2D eigenvalue weighted by molar-refractivity contribution is 0.282. The summed E-state index contributed by atoms with van der Waals surface area (Å²) >= 11 is 6.13. The van der Waals surface area contributed by atoms with Gasteiger partial charge >= 0.3 is 0 Å². The molecule has 0 radical (unpaired) electrons. The number of aryl methyl sites for hydroxylation is 1. The average molecular weight is 305 g/mol. The zero-order valence-corrected chi connectivity index (χ0v) is 13.3. The van der Waals surface area contributed by atoms with Crippen LogP contribution in [-0.2, 0) is 0 Å². The predicted molar refractivity (Wildman–Crippen MR) is 87.7 cm³/mol. The van der Waals surface area contributed by atoms with Crippen LogP contribution in [0.4, 0.5) is 0 Å². The molecule has 0 bridgehead atoms. The average Bonchev–Trinajstić information content (AvgIpc) is 2.53. The first kappa shape index (κ1) is 15.7. The maximum Gasteiger partial charge on any atom is 0.161 e. The molecule has 0 aliphatic rings. The van der Waals surface area contributed by atoms with Crippen LogP contribution in [0, 0.1) is 6.92 Å². The van der Waals surface area contributed by atoms with Crippen molar-refractivity contribution in [3.8, 4) is 11.5 Å². The molecule has 0 amide bonds. The molecule has 2 aromatic carbocycles. The molecule has 21 heavy (non-hydrogen) atoms. The van der Waals surface area contributed by atoms with Gasteiger partial charge in [0.25, 0.3) is 0 Å². The second-order valence-electron chi connectivity index (χ2n) is 5.00. The highest BCUT2D eigenvalue weighted by Gasteiger charge is 2.13. The summed E-state index contributed by atoms with van der Waals surface area (Å²) in [5.41, 5.74) is 2.58.